The van der Waals surface area contributed by atoms with Crippen molar-refractivity contribution in [3.05, 3.63) is 24.4 Å². The highest BCUT2D eigenvalue weighted by Crippen LogP contribution is 2.15. The third-order valence-corrected chi connectivity index (χ3v) is 1.90. The lowest BCUT2D eigenvalue weighted by molar-refractivity contribution is 0.122. The number of hydrogen-bond acceptors (Lipinski definition) is 2. The SMILES string of the molecule is Nc1ccc2cn(CC(F)F)nc2c1. The summed E-state index contributed by atoms with van der Waals surface area (Å²) in [6.07, 6.45) is -0.803. The first kappa shape index (κ1) is 8.93. The van der Waals surface area contributed by atoms with Gasteiger partial charge in [-0.05, 0) is 18.2 Å². The van der Waals surface area contributed by atoms with Gasteiger partial charge in [0.2, 0.25) is 0 Å². The molecule has 5 heteroatoms. The van der Waals surface area contributed by atoms with Crippen molar-refractivity contribution in [2.24, 2.45) is 0 Å². The number of alkyl halides is 2. The van der Waals surface area contributed by atoms with Gasteiger partial charge in [0.25, 0.3) is 6.43 Å². The summed E-state index contributed by atoms with van der Waals surface area (Å²) in [4.78, 5) is 0. The number of halogens is 2. The second-order valence-corrected chi connectivity index (χ2v) is 3.06. The van der Waals surface area contributed by atoms with Gasteiger partial charge in [-0.25, -0.2) is 8.78 Å². The standard InChI is InChI=1S/C9H9F2N3/c10-9(11)5-14-4-6-1-2-7(12)3-8(6)13-14/h1-4,9H,5,12H2. The summed E-state index contributed by atoms with van der Waals surface area (Å²) in [6, 6.07) is 5.15. The summed E-state index contributed by atoms with van der Waals surface area (Å²) in [5.74, 6) is 0. The van der Waals surface area contributed by atoms with E-state index in [1.165, 1.54) is 4.68 Å². The van der Waals surface area contributed by atoms with E-state index in [2.05, 4.69) is 5.10 Å². The molecule has 0 aliphatic heterocycles. The van der Waals surface area contributed by atoms with E-state index in [0.29, 0.717) is 11.2 Å². The maximum absolute atomic E-state index is 12.0. The number of rotatable bonds is 2. The summed E-state index contributed by atoms with van der Waals surface area (Å²) >= 11 is 0. The number of benzene rings is 1. The predicted molar refractivity (Wildman–Crippen MR) is 50.1 cm³/mol. The van der Waals surface area contributed by atoms with Crippen LogP contribution in [0, 0.1) is 0 Å². The van der Waals surface area contributed by atoms with Gasteiger partial charge in [0, 0.05) is 17.3 Å². The van der Waals surface area contributed by atoms with Crippen LogP contribution in [0.5, 0.6) is 0 Å². The summed E-state index contributed by atoms with van der Waals surface area (Å²) in [6.45, 7) is -0.380. The van der Waals surface area contributed by atoms with Crippen molar-refractivity contribution in [2.45, 2.75) is 13.0 Å². The van der Waals surface area contributed by atoms with E-state index in [-0.39, 0.29) is 6.54 Å². The fourth-order valence-corrected chi connectivity index (χ4v) is 1.32. The quantitative estimate of drug-likeness (QED) is 0.747. The van der Waals surface area contributed by atoms with E-state index in [1.54, 1.807) is 24.4 Å². The molecule has 0 bridgehead atoms. The Morgan fingerprint density at radius 2 is 2.21 bits per heavy atom. The Labute approximate surface area is 79.1 Å². The molecule has 0 fully saturated rings. The fourth-order valence-electron chi connectivity index (χ4n) is 1.32. The van der Waals surface area contributed by atoms with Crippen molar-refractivity contribution in [1.29, 1.82) is 0 Å². The number of fused-ring (bicyclic) bond motifs is 1. The Hall–Kier alpha value is -1.65. The van der Waals surface area contributed by atoms with Crippen LogP contribution in [0.15, 0.2) is 24.4 Å². The number of hydrogen-bond donors (Lipinski definition) is 1. The average Bonchev–Trinajstić information content (AvgIpc) is 2.44. The third-order valence-electron chi connectivity index (χ3n) is 1.90. The van der Waals surface area contributed by atoms with Gasteiger partial charge in [0.1, 0.15) is 6.54 Å². The van der Waals surface area contributed by atoms with Gasteiger partial charge in [-0.1, -0.05) is 0 Å². The van der Waals surface area contributed by atoms with Crippen LogP contribution in [0.4, 0.5) is 14.5 Å². The van der Waals surface area contributed by atoms with Crippen LogP contribution in [0.1, 0.15) is 0 Å². The smallest absolute Gasteiger partial charge is 0.257 e. The van der Waals surface area contributed by atoms with Crippen LogP contribution in [0.25, 0.3) is 10.9 Å². The first-order valence-electron chi connectivity index (χ1n) is 4.16. The Morgan fingerprint density at radius 1 is 1.43 bits per heavy atom. The van der Waals surface area contributed by atoms with Crippen LogP contribution < -0.4 is 5.73 Å². The molecular weight excluding hydrogens is 188 g/mol. The van der Waals surface area contributed by atoms with E-state index in [4.69, 9.17) is 5.73 Å². The average molecular weight is 197 g/mol. The van der Waals surface area contributed by atoms with Gasteiger partial charge in [-0.3, -0.25) is 4.68 Å². The largest absolute Gasteiger partial charge is 0.399 e. The summed E-state index contributed by atoms with van der Waals surface area (Å²) in [7, 11) is 0. The Balaban J connectivity index is 2.41. The highest BCUT2D eigenvalue weighted by atomic mass is 19.3. The molecule has 1 aromatic carbocycles. The highest BCUT2D eigenvalue weighted by molar-refractivity contribution is 5.81. The van der Waals surface area contributed by atoms with E-state index >= 15 is 0 Å². The van der Waals surface area contributed by atoms with Gasteiger partial charge in [0.15, 0.2) is 0 Å². The molecule has 0 saturated heterocycles. The number of anilines is 1. The summed E-state index contributed by atoms with van der Waals surface area (Å²) < 4.78 is 25.3. The third kappa shape index (κ3) is 1.66. The normalized spacial score (nSPS) is 11.4. The van der Waals surface area contributed by atoms with Crippen LogP contribution in [-0.4, -0.2) is 16.2 Å². The number of nitrogens with two attached hydrogens (primary N) is 1. The van der Waals surface area contributed by atoms with E-state index < -0.39 is 6.43 Å². The maximum atomic E-state index is 12.0. The van der Waals surface area contributed by atoms with Crippen molar-refractivity contribution < 1.29 is 8.78 Å². The monoisotopic (exact) mass is 197 g/mol. The molecule has 1 heterocycles. The van der Waals surface area contributed by atoms with Gasteiger partial charge in [-0.2, -0.15) is 5.10 Å². The molecule has 2 rings (SSSR count). The predicted octanol–water partition coefficient (Wildman–Crippen LogP) is 1.88. The van der Waals surface area contributed by atoms with E-state index in [1.807, 2.05) is 0 Å². The molecule has 74 valence electrons. The number of aromatic nitrogens is 2. The van der Waals surface area contributed by atoms with Gasteiger partial charge in [0.05, 0.1) is 5.52 Å². The molecule has 0 spiro atoms. The molecule has 0 aliphatic carbocycles. The molecule has 0 aliphatic rings. The molecule has 1 aromatic heterocycles. The van der Waals surface area contributed by atoms with Gasteiger partial charge >= 0.3 is 0 Å². The van der Waals surface area contributed by atoms with Crippen LogP contribution in [-0.2, 0) is 6.54 Å². The molecule has 2 N–H and O–H groups in total. The zero-order valence-corrected chi connectivity index (χ0v) is 7.32. The summed E-state index contributed by atoms with van der Waals surface area (Å²) in [5.41, 5.74) is 6.76. The van der Waals surface area contributed by atoms with Crippen LogP contribution >= 0.6 is 0 Å². The van der Waals surface area contributed by atoms with Crippen molar-refractivity contribution in [3.8, 4) is 0 Å². The first-order chi connectivity index (χ1) is 6.65. The van der Waals surface area contributed by atoms with Crippen LogP contribution in [0.3, 0.4) is 0 Å². The minimum Gasteiger partial charge on any atom is -0.399 e. The zero-order chi connectivity index (χ0) is 10.1. The Morgan fingerprint density at radius 3 is 2.93 bits per heavy atom. The molecule has 14 heavy (non-hydrogen) atoms. The van der Waals surface area contributed by atoms with Crippen molar-refractivity contribution >= 4 is 16.6 Å². The maximum Gasteiger partial charge on any atom is 0.257 e. The Kier molecular flexibility index (Phi) is 2.07. The van der Waals surface area contributed by atoms with Gasteiger partial charge in [-0.15, -0.1) is 0 Å². The second-order valence-electron chi connectivity index (χ2n) is 3.06. The number of nitrogens with zero attached hydrogens (tertiary/aromatic N) is 2. The lowest BCUT2D eigenvalue weighted by Crippen LogP contribution is -2.06. The lowest BCUT2D eigenvalue weighted by atomic mass is 10.2. The molecule has 0 unspecified atom stereocenters. The van der Waals surface area contributed by atoms with Gasteiger partial charge < -0.3 is 5.73 Å². The van der Waals surface area contributed by atoms with Crippen molar-refractivity contribution in [2.75, 3.05) is 5.73 Å². The van der Waals surface area contributed by atoms with Crippen molar-refractivity contribution in [3.63, 3.8) is 0 Å². The Bertz CT molecular complexity index is 450. The molecule has 3 nitrogen and oxygen atoms in total. The molecule has 0 atom stereocenters. The van der Waals surface area contributed by atoms with Crippen molar-refractivity contribution in [1.82, 2.24) is 9.78 Å². The fraction of sp³-hybridized carbons (Fsp3) is 0.222. The second kappa shape index (κ2) is 3.25. The highest BCUT2D eigenvalue weighted by Gasteiger charge is 2.06. The molecular formula is C9H9F2N3. The topological polar surface area (TPSA) is 43.8 Å². The first-order valence-corrected chi connectivity index (χ1v) is 4.16. The number of nitrogen functional groups attached to an aromatic ring is 1. The molecule has 0 radical (unpaired) electrons. The molecule has 2 aromatic rings. The summed E-state index contributed by atoms with van der Waals surface area (Å²) in [5, 5.41) is 4.79. The molecule has 0 saturated carbocycles. The minimum atomic E-state index is -2.39. The minimum absolute atomic E-state index is 0.380. The van der Waals surface area contributed by atoms with E-state index in [0.717, 1.165) is 5.39 Å². The zero-order valence-electron chi connectivity index (χ0n) is 7.32. The van der Waals surface area contributed by atoms with Crippen LogP contribution in [0.2, 0.25) is 0 Å². The lowest BCUT2D eigenvalue weighted by Gasteiger charge is -1.96. The molecule has 0 amide bonds. The van der Waals surface area contributed by atoms with E-state index in [9.17, 15) is 8.78 Å².